The summed E-state index contributed by atoms with van der Waals surface area (Å²) in [5.74, 6) is 0. The van der Waals surface area contributed by atoms with Crippen molar-refractivity contribution in [3.05, 3.63) is 23.8 Å². The Morgan fingerprint density at radius 1 is 1.30 bits per heavy atom. The zero-order chi connectivity index (χ0) is 4.41. The van der Waals surface area contributed by atoms with Crippen LogP contribution in [0.15, 0.2) is 17.7 Å². The third-order valence-electron chi connectivity index (χ3n) is 0.867. The molecule has 0 N–H and O–H groups in total. The van der Waals surface area contributed by atoms with Gasteiger partial charge < -0.3 is 37.2 Å². The van der Waals surface area contributed by atoms with E-state index >= 15 is 0 Å². The molecule has 0 aliphatic heterocycles. The minimum absolute atomic E-state index is 0. The van der Waals surface area contributed by atoms with Crippen molar-refractivity contribution in [1.82, 2.24) is 0 Å². The van der Waals surface area contributed by atoms with Crippen molar-refractivity contribution in [2.45, 2.75) is 13.3 Å². The van der Waals surface area contributed by atoms with Crippen LogP contribution in [0.1, 0.15) is 13.3 Å². The Hall–Kier alpha value is 0.934. The van der Waals surface area contributed by atoms with Gasteiger partial charge in [-0.1, -0.05) is 6.92 Å². The van der Waals surface area contributed by atoms with Crippen molar-refractivity contribution in [1.29, 1.82) is 0 Å². The van der Waals surface area contributed by atoms with Gasteiger partial charge in [0.25, 0.3) is 0 Å². The summed E-state index contributed by atoms with van der Waals surface area (Å²) < 4.78 is 0. The van der Waals surface area contributed by atoms with Gasteiger partial charge in [0, 0.05) is 0 Å². The van der Waals surface area contributed by atoms with Crippen LogP contribution in [0.5, 0.6) is 0 Å². The van der Waals surface area contributed by atoms with Crippen LogP contribution in [0.25, 0.3) is 0 Å². The van der Waals surface area contributed by atoms with E-state index in [0.717, 1.165) is 6.42 Å². The molecular formula is C6H7Cl3V. The number of rotatable bonds is 0. The third-order valence-corrected chi connectivity index (χ3v) is 0.867. The van der Waals surface area contributed by atoms with Crippen molar-refractivity contribution in [3.8, 4) is 0 Å². The average molecular weight is 236 g/mol. The van der Waals surface area contributed by atoms with Gasteiger partial charge in [0.05, 0.1) is 0 Å². The predicted molar refractivity (Wildman–Crippen MR) is 26.2 cm³/mol. The molecule has 0 amide bonds. The summed E-state index contributed by atoms with van der Waals surface area (Å²) in [6.07, 6.45) is 8.33. The first-order valence-electron chi connectivity index (χ1n) is 2.13. The molecular weight excluding hydrogens is 229 g/mol. The largest absolute Gasteiger partial charge is 4.00 e. The monoisotopic (exact) mass is 235 g/mol. The number of halogens is 3. The van der Waals surface area contributed by atoms with E-state index < -0.39 is 0 Å². The molecule has 0 saturated carbocycles. The van der Waals surface area contributed by atoms with E-state index in [4.69, 9.17) is 0 Å². The SMILES string of the molecule is CC1=[C-]CC=C1.[Cl-].[Cl-].[Cl-].[V+4]. The minimum Gasteiger partial charge on any atom is -1.00 e. The van der Waals surface area contributed by atoms with Crippen LogP contribution in [-0.2, 0) is 18.6 Å². The molecule has 1 aliphatic carbocycles. The quantitative estimate of drug-likeness (QED) is 0.367. The first-order valence-corrected chi connectivity index (χ1v) is 2.13. The second-order valence-electron chi connectivity index (χ2n) is 1.47. The second kappa shape index (κ2) is 12.6. The van der Waals surface area contributed by atoms with Crippen LogP contribution in [0, 0.1) is 6.08 Å². The van der Waals surface area contributed by atoms with Crippen LogP contribution in [-0.4, -0.2) is 0 Å². The normalized spacial score (nSPS) is 11.1. The molecule has 0 aromatic heterocycles. The van der Waals surface area contributed by atoms with E-state index in [1.165, 1.54) is 5.57 Å². The standard InChI is InChI=1S/C6H7.3ClH.V/c1-6-4-2-3-5-6;;;;/h2,4H,3H2,1H3;3*1H;/q-1;;;;+4/p-3. The van der Waals surface area contributed by atoms with Gasteiger partial charge in [0.1, 0.15) is 0 Å². The van der Waals surface area contributed by atoms with Crippen molar-refractivity contribution in [2.75, 3.05) is 0 Å². The van der Waals surface area contributed by atoms with Gasteiger partial charge in [-0.3, -0.25) is 6.08 Å². The fourth-order valence-electron chi connectivity index (χ4n) is 0.515. The Bertz CT molecular complexity index is 107. The first kappa shape index (κ1) is 22.4. The van der Waals surface area contributed by atoms with Crippen molar-refractivity contribution >= 4 is 0 Å². The second-order valence-corrected chi connectivity index (χ2v) is 1.47. The summed E-state index contributed by atoms with van der Waals surface area (Å²) in [7, 11) is 0. The molecule has 0 nitrogen and oxygen atoms in total. The van der Waals surface area contributed by atoms with Gasteiger partial charge in [-0.25, -0.2) is 11.6 Å². The Morgan fingerprint density at radius 2 is 1.80 bits per heavy atom. The fourth-order valence-corrected chi connectivity index (χ4v) is 0.515. The Labute approximate surface area is 92.6 Å². The summed E-state index contributed by atoms with van der Waals surface area (Å²) >= 11 is 0. The molecule has 0 atom stereocenters. The maximum absolute atomic E-state index is 3.12. The van der Waals surface area contributed by atoms with Gasteiger partial charge in [0.2, 0.25) is 0 Å². The van der Waals surface area contributed by atoms with E-state index in [9.17, 15) is 0 Å². The summed E-state index contributed by atoms with van der Waals surface area (Å²) in [5.41, 5.74) is 1.27. The topological polar surface area (TPSA) is 0 Å². The molecule has 57 valence electrons. The molecule has 1 rings (SSSR count). The van der Waals surface area contributed by atoms with Crippen LogP contribution < -0.4 is 37.2 Å². The van der Waals surface area contributed by atoms with Crippen LogP contribution in [0.2, 0.25) is 0 Å². The van der Waals surface area contributed by atoms with E-state index in [1.807, 2.05) is 0 Å². The molecule has 0 unspecified atom stereocenters. The van der Waals surface area contributed by atoms with E-state index in [-0.39, 0.29) is 55.8 Å². The predicted octanol–water partition coefficient (Wildman–Crippen LogP) is -7.29. The number of allylic oxidation sites excluding steroid dienone is 4. The van der Waals surface area contributed by atoms with Gasteiger partial charge >= 0.3 is 18.6 Å². The average Bonchev–Trinajstić information content (AvgIpc) is 1.86. The maximum atomic E-state index is 3.12. The molecule has 0 aromatic rings. The summed E-state index contributed by atoms with van der Waals surface area (Å²) in [6.45, 7) is 2.06. The van der Waals surface area contributed by atoms with Gasteiger partial charge in [-0.2, -0.15) is 6.08 Å². The molecule has 0 spiro atoms. The zero-order valence-corrected chi connectivity index (χ0v) is 9.11. The van der Waals surface area contributed by atoms with Crippen molar-refractivity contribution < 1.29 is 55.8 Å². The molecule has 1 radical (unpaired) electrons. The van der Waals surface area contributed by atoms with Crippen LogP contribution in [0.3, 0.4) is 0 Å². The maximum Gasteiger partial charge on any atom is 4.00 e. The molecule has 0 bridgehead atoms. The van der Waals surface area contributed by atoms with Crippen LogP contribution in [0.4, 0.5) is 0 Å². The zero-order valence-electron chi connectivity index (χ0n) is 5.44. The first-order chi connectivity index (χ1) is 2.89. The van der Waals surface area contributed by atoms with E-state index in [2.05, 4.69) is 25.2 Å². The van der Waals surface area contributed by atoms with E-state index in [1.54, 1.807) is 0 Å². The van der Waals surface area contributed by atoms with Crippen LogP contribution >= 0.6 is 0 Å². The Balaban J connectivity index is -0.0000000450. The molecule has 4 heteroatoms. The molecule has 0 saturated heterocycles. The Morgan fingerprint density at radius 3 is 1.90 bits per heavy atom. The van der Waals surface area contributed by atoms with E-state index in [0.29, 0.717) is 0 Å². The smallest absolute Gasteiger partial charge is 1.00 e. The minimum atomic E-state index is 0. The summed E-state index contributed by atoms with van der Waals surface area (Å²) in [6, 6.07) is 0. The van der Waals surface area contributed by atoms with Crippen molar-refractivity contribution in [3.63, 3.8) is 0 Å². The van der Waals surface area contributed by atoms with Gasteiger partial charge in [-0.05, 0) is 0 Å². The van der Waals surface area contributed by atoms with Gasteiger partial charge in [0.15, 0.2) is 0 Å². The summed E-state index contributed by atoms with van der Waals surface area (Å²) in [4.78, 5) is 0. The molecule has 1 aliphatic rings. The fraction of sp³-hybridized carbons (Fsp3) is 0.333. The summed E-state index contributed by atoms with van der Waals surface area (Å²) in [5, 5.41) is 0. The third kappa shape index (κ3) is 8.93. The van der Waals surface area contributed by atoms with Gasteiger partial charge in [-0.15, -0.1) is 6.42 Å². The molecule has 0 aromatic carbocycles. The molecule has 10 heavy (non-hydrogen) atoms. The Kier molecular flexibility index (Phi) is 28.3. The van der Waals surface area contributed by atoms with Crippen molar-refractivity contribution in [2.24, 2.45) is 0 Å². The number of hydrogen-bond donors (Lipinski definition) is 0. The molecule has 0 heterocycles. The number of hydrogen-bond acceptors (Lipinski definition) is 0. The molecule has 0 fully saturated rings.